The summed E-state index contributed by atoms with van der Waals surface area (Å²) in [6, 6.07) is 11.4. The molecule has 1 aliphatic rings. The van der Waals surface area contributed by atoms with Crippen molar-refractivity contribution in [2.45, 2.75) is 57.4 Å². The number of aromatic nitrogens is 1. The van der Waals surface area contributed by atoms with E-state index in [-0.39, 0.29) is 11.4 Å². The summed E-state index contributed by atoms with van der Waals surface area (Å²) in [5.41, 5.74) is 5.29. The molecule has 0 spiro atoms. The number of halogens is 1. The molecule has 10 heteroatoms. The van der Waals surface area contributed by atoms with Crippen molar-refractivity contribution in [3.63, 3.8) is 0 Å². The van der Waals surface area contributed by atoms with Gasteiger partial charge in [0.2, 0.25) is 0 Å². The highest BCUT2D eigenvalue weighted by molar-refractivity contribution is 7.93. The summed E-state index contributed by atoms with van der Waals surface area (Å²) in [7, 11) is -2.24. The number of rotatable bonds is 3. The maximum absolute atomic E-state index is 15.3. The molecule has 0 aliphatic carbocycles. The number of nitrogens with two attached hydrogens (primary N) is 1. The van der Waals surface area contributed by atoms with E-state index in [4.69, 9.17) is 15.2 Å². The molecular weight excluding hydrogens is 497 g/mol. The maximum atomic E-state index is 15.3. The number of amidine groups is 1. The molecule has 4 rings (SSSR count). The van der Waals surface area contributed by atoms with Gasteiger partial charge >= 0.3 is 6.09 Å². The second-order valence-electron chi connectivity index (χ2n) is 11.0. The van der Waals surface area contributed by atoms with Crippen LogP contribution in [0, 0.1) is 5.82 Å². The highest BCUT2D eigenvalue weighted by atomic mass is 32.2. The number of sulfone groups is 1. The lowest BCUT2D eigenvalue weighted by atomic mass is 9.91. The van der Waals surface area contributed by atoms with Crippen LogP contribution in [0.1, 0.15) is 47.1 Å². The van der Waals surface area contributed by atoms with Crippen LogP contribution in [0.15, 0.2) is 47.5 Å². The van der Waals surface area contributed by atoms with Crippen molar-refractivity contribution in [3.05, 3.63) is 53.8 Å². The Hall–Kier alpha value is -3.40. The van der Waals surface area contributed by atoms with Gasteiger partial charge in [-0.15, -0.1) is 0 Å². The van der Waals surface area contributed by atoms with E-state index in [1.807, 2.05) is 6.07 Å². The van der Waals surface area contributed by atoms with E-state index in [0.717, 1.165) is 0 Å². The SMILES string of the molecule is COc1cccc2cc(-c3ccc(F)c(C4(C)CS(=O)(=O)C(C)(C)C(N)=N4)c3)n(C(=O)OC(C)(C)C)c12. The second-order valence-corrected chi connectivity index (χ2v) is 13.5. The third-order valence-electron chi connectivity index (χ3n) is 6.66. The van der Waals surface area contributed by atoms with E-state index >= 15 is 4.39 Å². The van der Waals surface area contributed by atoms with Gasteiger partial charge < -0.3 is 15.2 Å². The van der Waals surface area contributed by atoms with Crippen LogP contribution < -0.4 is 10.5 Å². The zero-order valence-electron chi connectivity index (χ0n) is 22.0. The number of hydrogen-bond donors (Lipinski definition) is 1. The van der Waals surface area contributed by atoms with Crippen molar-refractivity contribution in [2.24, 2.45) is 10.7 Å². The van der Waals surface area contributed by atoms with E-state index in [0.29, 0.717) is 27.9 Å². The number of carbonyl (C=O) groups excluding carboxylic acids is 1. The Morgan fingerprint density at radius 2 is 1.81 bits per heavy atom. The first-order valence-corrected chi connectivity index (χ1v) is 13.5. The monoisotopic (exact) mass is 529 g/mol. The molecule has 37 heavy (non-hydrogen) atoms. The molecule has 1 aromatic heterocycles. The van der Waals surface area contributed by atoms with Crippen LogP contribution >= 0.6 is 0 Å². The fraction of sp³-hybridized carbons (Fsp3) is 0.407. The van der Waals surface area contributed by atoms with Gasteiger partial charge in [-0.05, 0) is 77.4 Å². The smallest absolute Gasteiger partial charge is 0.419 e. The summed E-state index contributed by atoms with van der Waals surface area (Å²) >= 11 is 0. The van der Waals surface area contributed by atoms with Crippen molar-refractivity contribution < 1.29 is 27.1 Å². The number of benzene rings is 2. The molecule has 1 atom stereocenters. The van der Waals surface area contributed by atoms with Gasteiger partial charge in [-0.2, -0.15) is 0 Å². The molecule has 8 nitrogen and oxygen atoms in total. The number of hydrogen-bond acceptors (Lipinski definition) is 7. The van der Waals surface area contributed by atoms with Crippen molar-refractivity contribution in [2.75, 3.05) is 12.9 Å². The van der Waals surface area contributed by atoms with Gasteiger partial charge in [0.05, 0.1) is 18.6 Å². The molecule has 1 unspecified atom stereocenters. The Bertz CT molecular complexity index is 1550. The average molecular weight is 530 g/mol. The van der Waals surface area contributed by atoms with Crippen molar-refractivity contribution in [1.82, 2.24) is 4.57 Å². The molecule has 2 heterocycles. The first-order chi connectivity index (χ1) is 17.0. The lowest BCUT2D eigenvalue weighted by molar-refractivity contribution is 0.0546. The lowest BCUT2D eigenvalue weighted by Crippen LogP contribution is -2.54. The zero-order chi connectivity index (χ0) is 27.6. The Morgan fingerprint density at radius 3 is 2.41 bits per heavy atom. The van der Waals surface area contributed by atoms with Gasteiger partial charge in [-0.3, -0.25) is 4.99 Å². The lowest BCUT2D eigenvalue weighted by Gasteiger charge is -2.38. The van der Waals surface area contributed by atoms with Crippen LogP contribution in [0.4, 0.5) is 9.18 Å². The topological polar surface area (TPSA) is 113 Å². The molecule has 0 bridgehead atoms. The van der Waals surface area contributed by atoms with E-state index in [2.05, 4.69) is 4.99 Å². The largest absolute Gasteiger partial charge is 0.495 e. The third kappa shape index (κ3) is 4.47. The molecule has 3 aromatic rings. The predicted molar refractivity (Wildman–Crippen MR) is 142 cm³/mol. The van der Waals surface area contributed by atoms with Crippen LogP contribution in [-0.4, -0.2) is 48.1 Å². The number of methoxy groups -OCH3 is 1. The summed E-state index contributed by atoms with van der Waals surface area (Å²) in [6.45, 7) is 9.80. The number of nitrogens with zero attached hydrogens (tertiary/aromatic N) is 2. The van der Waals surface area contributed by atoms with Gasteiger partial charge in [0.25, 0.3) is 0 Å². The minimum absolute atomic E-state index is 0.0555. The molecule has 2 aromatic carbocycles. The van der Waals surface area contributed by atoms with Crippen molar-refractivity contribution >= 4 is 32.7 Å². The number of ether oxygens (including phenoxy) is 2. The summed E-state index contributed by atoms with van der Waals surface area (Å²) in [5, 5.41) is 0.710. The number of para-hydroxylation sites is 1. The minimum atomic E-state index is -3.75. The highest BCUT2D eigenvalue weighted by Gasteiger charge is 2.49. The van der Waals surface area contributed by atoms with Gasteiger partial charge in [-0.1, -0.05) is 12.1 Å². The summed E-state index contributed by atoms with van der Waals surface area (Å²) in [5.74, 6) is -0.674. The Kier molecular flexibility index (Phi) is 6.18. The van der Waals surface area contributed by atoms with Gasteiger partial charge in [0.15, 0.2) is 9.84 Å². The summed E-state index contributed by atoms with van der Waals surface area (Å²) in [4.78, 5) is 17.9. The molecule has 0 saturated carbocycles. The Morgan fingerprint density at radius 1 is 1.14 bits per heavy atom. The van der Waals surface area contributed by atoms with Gasteiger partial charge in [0.1, 0.15) is 38.8 Å². The molecule has 0 radical (unpaired) electrons. The quantitative estimate of drug-likeness (QED) is 0.510. The maximum Gasteiger partial charge on any atom is 0.419 e. The highest BCUT2D eigenvalue weighted by Crippen LogP contribution is 2.40. The molecule has 0 fully saturated rings. The van der Waals surface area contributed by atoms with Gasteiger partial charge in [0, 0.05) is 10.9 Å². The number of fused-ring (bicyclic) bond motifs is 1. The van der Waals surface area contributed by atoms with Crippen LogP contribution in [0.2, 0.25) is 0 Å². The first-order valence-electron chi connectivity index (χ1n) is 11.8. The third-order valence-corrected chi connectivity index (χ3v) is 9.36. The predicted octanol–water partition coefficient (Wildman–Crippen LogP) is 5.02. The van der Waals surface area contributed by atoms with E-state index in [9.17, 15) is 13.2 Å². The molecular formula is C27H32FN3O5S. The zero-order valence-corrected chi connectivity index (χ0v) is 22.9. The van der Waals surface area contributed by atoms with Crippen LogP contribution in [-0.2, 0) is 20.1 Å². The Labute approximate surface area is 216 Å². The summed E-state index contributed by atoms with van der Waals surface area (Å²) < 4.78 is 52.6. The number of aliphatic imine (C=N–C) groups is 1. The van der Waals surface area contributed by atoms with Crippen LogP contribution in [0.25, 0.3) is 22.2 Å². The van der Waals surface area contributed by atoms with Crippen molar-refractivity contribution in [3.8, 4) is 17.0 Å². The minimum Gasteiger partial charge on any atom is -0.495 e. The van der Waals surface area contributed by atoms with Crippen molar-refractivity contribution in [1.29, 1.82) is 0 Å². The van der Waals surface area contributed by atoms with E-state index in [1.54, 1.807) is 45.9 Å². The molecule has 0 amide bonds. The van der Waals surface area contributed by atoms with Crippen LogP contribution in [0.5, 0.6) is 5.75 Å². The standard InChI is InChI=1S/C27H32FN3O5S/c1-25(2,3)36-24(32)31-20(14-17-9-8-10-21(35-7)22(17)31)16-11-12-19(28)18(13-16)27(6)15-37(33,34)26(4,5)23(29)30-27/h8-14H,15H2,1-7H3,(H2,29,30). The van der Waals surface area contributed by atoms with Crippen LogP contribution in [0.3, 0.4) is 0 Å². The molecule has 0 saturated heterocycles. The molecule has 2 N–H and O–H groups in total. The van der Waals surface area contributed by atoms with Gasteiger partial charge in [-0.25, -0.2) is 22.2 Å². The second kappa shape index (κ2) is 8.58. The Balaban J connectivity index is 1.97. The fourth-order valence-corrected chi connectivity index (χ4v) is 6.16. The summed E-state index contributed by atoms with van der Waals surface area (Å²) in [6.07, 6.45) is -0.636. The fourth-order valence-electron chi connectivity index (χ4n) is 4.48. The van der Waals surface area contributed by atoms with E-state index < -0.39 is 43.4 Å². The molecule has 198 valence electrons. The average Bonchev–Trinajstić information content (AvgIpc) is 3.16. The number of carbonyl (C=O) groups is 1. The first kappa shape index (κ1) is 26.7. The van der Waals surface area contributed by atoms with E-state index in [1.165, 1.54) is 43.7 Å². The molecule has 1 aliphatic heterocycles. The normalized spacial score (nSPS) is 20.9.